The standard InChI is InChI=1S/C21H20FN5O2/c22-17-9-16-18(27(15-1-2-15)11-14(12-28)21(16)29)10-19(17)25-5-7-26(8-6-25)20-3-4-23-13-24-20/h3-4,9-13,15H,1-2,5-8H2. The smallest absolute Gasteiger partial charge is 0.199 e. The molecule has 1 aliphatic heterocycles. The third-order valence-electron chi connectivity index (χ3n) is 5.71. The molecular weight excluding hydrogens is 373 g/mol. The molecule has 0 spiro atoms. The Balaban J connectivity index is 1.50. The van der Waals surface area contributed by atoms with Gasteiger partial charge in [0.15, 0.2) is 11.7 Å². The summed E-state index contributed by atoms with van der Waals surface area (Å²) in [6.45, 7) is 2.72. The van der Waals surface area contributed by atoms with Crippen LogP contribution in [-0.4, -0.2) is 47.0 Å². The molecule has 2 aliphatic rings. The summed E-state index contributed by atoms with van der Waals surface area (Å²) in [7, 11) is 0. The van der Waals surface area contributed by atoms with E-state index in [9.17, 15) is 14.0 Å². The van der Waals surface area contributed by atoms with Crippen molar-refractivity contribution in [2.24, 2.45) is 0 Å². The van der Waals surface area contributed by atoms with Gasteiger partial charge in [-0.05, 0) is 31.0 Å². The number of fused-ring (bicyclic) bond motifs is 1. The Labute approximate surface area is 166 Å². The monoisotopic (exact) mass is 393 g/mol. The van der Waals surface area contributed by atoms with E-state index in [-0.39, 0.29) is 17.0 Å². The van der Waals surface area contributed by atoms with E-state index in [2.05, 4.69) is 14.9 Å². The fourth-order valence-electron chi connectivity index (χ4n) is 4.01. The summed E-state index contributed by atoms with van der Waals surface area (Å²) < 4.78 is 16.9. The highest BCUT2D eigenvalue weighted by Crippen LogP contribution is 2.38. The molecule has 29 heavy (non-hydrogen) atoms. The molecule has 1 saturated heterocycles. The molecule has 0 radical (unpaired) electrons. The van der Waals surface area contributed by atoms with Gasteiger partial charge in [-0.25, -0.2) is 14.4 Å². The maximum absolute atomic E-state index is 15.0. The predicted molar refractivity (Wildman–Crippen MR) is 108 cm³/mol. The van der Waals surface area contributed by atoms with E-state index in [0.29, 0.717) is 43.7 Å². The molecule has 0 atom stereocenters. The molecule has 148 valence electrons. The number of carbonyl (C=O) groups excluding carboxylic acids is 1. The summed E-state index contributed by atoms with van der Waals surface area (Å²) in [4.78, 5) is 36.2. The van der Waals surface area contributed by atoms with Crippen molar-refractivity contribution in [3.8, 4) is 0 Å². The number of rotatable bonds is 4. The normalized spacial score (nSPS) is 17.0. The molecule has 1 aliphatic carbocycles. The summed E-state index contributed by atoms with van der Waals surface area (Å²) >= 11 is 0. The van der Waals surface area contributed by atoms with Crippen molar-refractivity contribution < 1.29 is 9.18 Å². The molecule has 3 heterocycles. The fourth-order valence-corrected chi connectivity index (χ4v) is 4.01. The summed E-state index contributed by atoms with van der Waals surface area (Å²) in [5.74, 6) is 0.429. The average Bonchev–Trinajstić information content (AvgIpc) is 3.60. The highest BCUT2D eigenvalue weighted by molar-refractivity contribution is 5.88. The highest BCUT2D eigenvalue weighted by Gasteiger charge is 2.27. The van der Waals surface area contributed by atoms with Crippen LogP contribution in [-0.2, 0) is 0 Å². The van der Waals surface area contributed by atoms with Crippen LogP contribution in [0.2, 0.25) is 0 Å². The second kappa shape index (κ2) is 6.95. The molecule has 0 N–H and O–H groups in total. The molecule has 7 nitrogen and oxygen atoms in total. The first kappa shape index (κ1) is 17.8. The van der Waals surface area contributed by atoms with Gasteiger partial charge in [0, 0.05) is 50.0 Å². The molecule has 1 aromatic carbocycles. The van der Waals surface area contributed by atoms with Crippen LogP contribution in [0.4, 0.5) is 15.9 Å². The van der Waals surface area contributed by atoms with Crippen LogP contribution in [0.25, 0.3) is 10.9 Å². The van der Waals surface area contributed by atoms with Crippen molar-refractivity contribution in [3.05, 3.63) is 58.5 Å². The SMILES string of the molecule is O=Cc1cn(C2CC2)c2cc(N3CCN(c4ccncn4)CC3)c(F)cc2c1=O. The Morgan fingerprint density at radius 1 is 1.10 bits per heavy atom. The summed E-state index contributed by atoms with van der Waals surface area (Å²) in [6, 6.07) is 5.19. The van der Waals surface area contributed by atoms with Gasteiger partial charge in [0.1, 0.15) is 18.0 Å². The summed E-state index contributed by atoms with van der Waals surface area (Å²) in [5.41, 5.74) is 0.853. The van der Waals surface area contributed by atoms with Gasteiger partial charge in [0.25, 0.3) is 0 Å². The van der Waals surface area contributed by atoms with Crippen molar-refractivity contribution in [1.82, 2.24) is 14.5 Å². The molecular formula is C21H20FN5O2. The summed E-state index contributed by atoms with van der Waals surface area (Å²) in [6.07, 6.45) is 7.40. The average molecular weight is 393 g/mol. The lowest BCUT2D eigenvalue weighted by Gasteiger charge is -2.36. The van der Waals surface area contributed by atoms with E-state index in [1.807, 2.05) is 15.5 Å². The maximum Gasteiger partial charge on any atom is 0.199 e. The first-order valence-corrected chi connectivity index (χ1v) is 9.75. The minimum absolute atomic E-state index is 0.0787. The number of carbonyl (C=O) groups is 1. The topological polar surface area (TPSA) is 71.3 Å². The number of nitrogens with zero attached hydrogens (tertiary/aromatic N) is 5. The van der Waals surface area contributed by atoms with Gasteiger partial charge in [0.05, 0.1) is 16.8 Å². The predicted octanol–water partition coefficient (Wildman–Crippen LogP) is 2.40. The van der Waals surface area contributed by atoms with Crippen molar-refractivity contribution >= 4 is 28.7 Å². The lowest BCUT2D eigenvalue weighted by molar-refractivity contribution is 0.112. The maximum atomic E-state index is 15.0. The zero-order chi connectivity index (χ0) is 20.0. The number of benzene rings is 1. The molecule has 1 saturated carbocycles. The van der Waals surface area contributed by atoms with Gasteiger partial charge in [-0.3, -0.25) is 9.59 Å². The van der Waals surface area contributed by atoms with Gasteiger partial charge in [-0.1, -0.05) is 0 Å². The first-order chi connectivity index (χ1) is 14.2. The van der Waals surface area contributed by atoms with Gasteiger partial charge in [-0.15, -0.1) is 0 Å². The van der Waals surface area contributed by atoms with E-state index in [0.717, 1.165) is 18.7 Å². The lowest BCUT2D eigenvalue weighted by atomic mass is 10.1. The summed E-state index contributed by atoms with van der Waals surface area (Å²) in [5, 5.41) is 0.266. The Morgan fingerprint density at radius 2 is 1.86 bits per heavy atom. The largest absolute Gasteiger partial charge is 0.366 e. The second-order valence-electron chi connectivity index (χ2n) is 7.53. The number of halogens is 1. The van der Waals surface area contributed by atoms with Gasteiger partial charge >= 0.3 is 0 Å². The van der Waals surface area contributed by atoms with Gasteiger partial charge in [0.2, 0.25) is 0 Å². The van der Waals surface area contributed by atoms with Crippen molar-refractivity contribution in [3.63, 3.8) is 0 Å². The number of piperazine rings is 1. The third kappa shape index (κ3) is 3.14. The Morgan fingerprint density at radius 3 is 2.52 bits per heavy atom. The van der Waals surface area contributed by atoms with Crippen molar-refractivity contribution in [2.75, 3.05) is 36.0 Å². The van der Waals surface area contributed by atoms with Crippen LogP contribution in [0.1, 0.15) is 29.2 Å². The van der Waals surface area contributed by atoms with Crippen molar-refractivity contribution in [1.29, 1.82) is 0 Å². The van der Waals surface area contributed by atoms with E-state index < -0.39 is 11.2 Å². The number of aldehydes is 1. The molecule has 2 fully saturated rings. The van der Waals surface area contributed by atoms with Crippen LogP contribution < -0.4 is 15.2 Å². The quantitative estimate of drug-likeness (QED) is 0.634. The number of aromatic nitrogens is 3. The zero-order valence-corrected chi connectivity index (χ0v) is 15.8. The third-order valence-corrected chi connectivity index (χ3v) is 5.71. The molecule has 0 unspecified atom stereocenters. The Hall–Kier alpha value is -3.29. The van der Waals surface area contributed by atoms with E-state index in [1.54, 1.807) is 18.5 Å². The number of hydrogen-bond acceptors (Lipinski definition) is 6. The molecule has 8 heteroatoms. The van der Waals surface area contributed by atoms with Crippen LogP contribution >= 0.6 is 0 Å². The minimum Gasteiger partial charge on any atom is -0.366 e. The molecule has 2 aromatic heterocycles. The first-order valence-electron chi connectivity index (χ1n) is 9.75. The van der Waals surface area contributed by atoms with Crippen LogP contribution in [0, 0.1) is 5.82 Å². The Bertz CT molecular complexity index is 1140. The highest BCUT2D eigenvalue weighted by atomic mass is 19.1. The van der Waals surface area contributed by atoms with Crippen LogP contribution in [0.3, 0.4) is 0 Å². The lowest BCUT2D eigenvalue weighted by Crippen LogP contribution is -2.47. The van der Waals surface area contributed by atoms with Gasteiger partial charge < -0.3 is 14.4 Å². The molecule has 0 amide bonds. The Kier molecular flexibility index (Phi) is 4.26. The van der Waals surface area contributed by atoms with Gasteiger partial charge in [-0.2, -0.15) is 0 Å². The van der Waals surface area contributed by atoms with Crippen molar-refractivity contribution in [2.45, 2.75) is 18.9 Å². The number of pyridine rings is 1. The van der Waals surface area contributed by atoms with E-state index >= 15 is 0 Å². The van der Waals surface area contributed by atoms with E-state index in [4.69, 9.17) is 0 Å². The fraction of sp³-hybridized carbons (Fsp3) is 0.333. The van der Waals surface area contributed by atoms with E-state index in [1.165, 1.54) is 12.4 Å². The van der Waals surface area contributed by atoms with Crippen LogP contribution in [0.15, 0.2) is 41.7 Å². The molecule has 3 aromatic rings. The minimum atomic E-state index is -0.435. The second-order valence-corrected chi connectivity index (χ2v) is 7.53. The number of anilines is 2. The zero-order valence-electron chi connectivity index (χ0n) is 15.8. The molecule has 5 rings (SSSR count). The van der Waals surface area contributed by atoms with Crippen LogP contribution in [0.5, 0.6) is 0 Å². The molecule has 0 bridgehead atoms. The number of hydrogen-bond donors (Lipinski definition) is 0.